The lowest BCUT2D eigenvalue weighted by Crippen LogP contribution is -2.43. The third kappa shape index (κ3) is 4.95. The Labute approximate surface area is 162 Å². The number of phenols is 1. The molecule has 0 bridgehead atoms. The first-order chi connectivity index (χ1) is 13.2. The molecule has 1 saturated heterocycles. The van der Waals surface area contributed by atoms with Crippen molar-refractivity contribution in [3.05, 3.63) is 29.8 Å². The molecule has 2 N–H and O–H groups in total. The summed E-state index contributed by atoms with van der Waals surface area (Å²) in [5.41, 5.74) is 0.987. The molecule has 2 amide bonds. The number of hydrogen-bond donors (Lipinski definition) is 2. The second-order valence-corrected chi connectivity index (χ2v) is 8.66. The molecule has 0 aromatic heterocycles. The van der Waals surface area contributed by atoms with E-state index in [1.165, 1.54) is 45.1 Å². The highest BCUT2D eigenvalue weighted by Crippen LogP contribution is 2.30. The number of phenolic OH excluding ortho intramolecular Hbond substituents is 1. The highest BCUT2D eigenvalue weighted by atomic mass is 16.3. The largest absolute Gasteiger partial charge is 0.508 e. The van der Waals surface area contributed by atoms with E-state index in [2.05, 4.69) is 10.2 Å². The fourth-order valence-corrected chi connectivity index (χ4v) is 4.74. The Hall–Kier alpha value is -1.75. The van der Waals surface area contributed by atoms with E-state index in [0.29, 0.717) is 18.5 Å². The van der Waals surface area contributed by atoms with Crippen molar-refractivity contribution in [1.29, 1.82) is 0 Å². The smallest absolute Gasteiger partial charge is 0.317 e. The summed E-state index contributed by atoms with van der Waals surface area (Å²) in [6, 6.07) is 8.43. The summed E-state index contributed by atoms with van der Waals surface area (Å²) < 4.78 is 0. The average Bonchev–Trinajstić information content (AvgIpc) is 3.42. The number of likely N-dealkylation sites (tertiary alicyclic amines) is 1. The lowest BCUT2D eigenvalue weighted by atomic mass is 9.94. The van der Waals surface area contributed by atoms with Crippen LogP contribution in [-0.2, 0) is 6.54 Å². The van der Waals surface area contributed by atoms with E-state index in [1.54, 1.807) is 12.1 Å². The van der Waals surface area contributed by atoms with Gasteiger partial charge in [0.15, 0.2) is 0 Å². The summed E-state index contributed by atoms with van der Waals surface area (Å²) >= 11 is 0. The van der Waals surface area contributed by atoms with Crippen LogP contribution in [0.25, 0.3) is 0 Å². The number of hydrogen-bond acceptors (Lipinski definition) is 3. The Morgan fingerprint density at radius 1 is 1.15 bits per heavy atom. The first-order valence-corrected chi connectivity index (χ1v) is 10.8. The molecule has 4 rings (SSSR count). The third-order valence-corrected chi connectivity index (χ3v) is 6.46. The van der Waals surface area contributed by atoms with Crippen LogP contribution in [0.4, 0.5) is 4.79 Å². The molecule has 1 unspecified atom stereocenters. The molecule has 3 fully saturated rings. The third-order valence-electron chi connectivity index (χ3n) is 6.46. The Bertz CT molecular complexity index is 640. The lowest BCUT2D eigenvalue weighted by molar-refractivity contribution is 0.180. The molecule has 1 aliphatic heterocycles. The highest BCUT2D eigenvalue weighted by Gasteiger charge is 2.34. The fraction of sp³-hybridized carbons (Fsp3) is 0.682. The Morgan fingerprint density at radius 3 is 2.70 bits per heavy atom. The molecule has 1 heterocycles. The van der Waals surface area contributed by atoms with Crippen molar-refractivity contribution in [2.24, 2.45) is 5.92 Å². The maximum Gasteiger partial charge on any atom is 0.317 e. The van der Waals surface area contributed by atoms with Crippen LogP contribution in [-0.4, -0.2) is 52.7 Å². The molecule has 2 saturated carbocycles. The zero-order valence-corrected chi connectivity index (χ0v) is 16.3. The van der Waals surface area contributed by atoms with Gasteiger partial charge >= 0.3 is 6.03 Å². The molecular weight excluding hydrogens is 338 g/mol. The summed E-state index contributed by atoms with van der Waals surface area (Å²) in [5.74, 6) is 0.843. The number of benzene rings is 1. The van der Waals surface area contributed by atoms with E-state index in [0.717, 1.165) is 37.5 Å². The number of nitrogens with zero attached hydrogens (tertiary/aromatic N) is 2. The van der Waals surface area contributed by atoms with Crippen LogP contribution in [0.15, 0.2) is 24.3 Å². The van der Waals surface area contributed by atoms with Gasteiger partial charge < -0.3 is 20.2 Å². The Balaban J connectivity index is 1.26. The maximum atomic E-state index is 12.8. The van der Waals surface area contributed by atoms with Gasteiger partial charge in [0.1, 0.15) is 5.75 Å². The van der Waals surface area contributed by atoms with Gasteiger partial charge in [0.2, 0.25) is 0 Å². The quantitative estimate of drug-likeness (QED) is 0.801. The average molecular weight is 372 g/mol. The van der Waals surface area contributed by atoms with Crippen LogP contribution in [0, 0.1) is 5.92 Å². The second kappa shape index (κ2) is 8.51. The zero-order chi connectivity index (χ0) is 18.6. The van der Waals surface area contributed by atoms with Gasteiger partial charge in [0.05, 0.1) is 0 Å². The summed E-state index contributed by atoms with van der Waals surface area (Å²) in [4.78, 5) is 17.4. The van der Waals surface area contributed by atoms with Crippen molar-refractivity contribution in [2.75, 3.05) is 19.6 Å². The van der Waals surface area contributed by atoms with E-state index in [-0.39, 0.29) is 11.8 Å². The van der Waals surface area contributed by atoms with Crippen LogP contribution < -0.4 is 5.32 Å². The van der Waals surface area contributed by atoms with Crippen molar-refractivity contribution in [2.45, 2.75) is 70.0 Å². The predicted molar refractivity (Wildman–Crippen MR) is 107 cm³/mol. The summed E-state index contributed by atoms with van der Waals surface area (Å²) in [5, 5.41) is 12.9. The van der Waals surface area contributed by atoms with E-state index in [1.807, 2.05) is 17.0 Å². The topological polar surface area (TPSA) is 55.8 Å². The molecule has 0 radical (unpaired) electrons. The van der Waals surface area contributed by atoms with Gasteiger partial charge in [-0.2, -0.15) is 0 Å². The number of urea groups is 1. The molecule has 27 heavy (non-hydrogen) atoms. The summed E-state index contributed by atoms with van der Waals surface area (Å²) in [6.45, 7) is 3.69. The Kier molecular flexibility index (Phi) is 5.86. The van der Waals surface area contributed by atoms with Gasteiger partial charge in [-0.15, -0.1) is 0 Å². The number of amides is 2. The number of carbonyl (C=O) groups excluding carboxylic acids is 1. The lowest BCUT2D eigenvalue weighted by Gasteiger charge is -2.31. The minimum absolute atomic E-state index is 0.0527. The van der Waals surface area contributed by atoms with E-state index in [9.17, 15) is 9.90 Å². The monoisotopic (exact) mass is 371 g/mol. The van der Waals surface area contributed by atoms with Gasteiger partial charge in [-0.1, -0.05) is 31.4 Å². The van der Waals surface area contributed by atoms with Crippen LogP contribution in [0.3, 0.4) is 0 Å². The molecule has 0 spiro atoms. The molecule has 3 aliphatic rings. The van der Waals surface area contributed by atoms with Crippen molar-refractivity contribution in [3.63, 3.8) is 0 Å². The number of carbonyl (C=O) groups is 1. The minimum atomic E-state index is 0.0527. The first-order valence-electron chi connectivity index (χ1n) is 10.8. The van der Waals surface area contributed by atoms with Crippen LogP contribution in [0.5, 0.6) is 5.75 Å². The highest BCUT2D eigenvalue weighted by molar-refractivity contribution is 5.75. The molecule has 5 heteroatoms. The van der Waals surface area contributed by atoms with Crippen molar-refractivity contribution >= 4 is 6.03 Å². The number of nitrogens with one attached hydrogen (secondary N) is 1. The standard InChI is InChI=1S/C22H33N3O2/c26-21-8-4-5-17(13-21)16-25(20-9-10-20)22(27)23-14-18-11-12-24(15-18)19-6-2-1-3-7-19/h4-5,8,13,18-20,26H,1-3,6-7,9-12,14-16H2,(H,23,27). The van der Waals surface area contributed by atoms with Crippen molar-refractivity contribution in [3.8, 4) is 5.75 Å². The van der Waals surface area contributed by atoms with Gasteiger partial charge in [-0.05, 0) is 62.3 Å². The molecular formula is C22H33N3O2. The van der Waals surface area contributed by atoms with Gasteiger partial charge in [0, 0.05) is 31.7 Å². The van der Waals surface area contributed by atoms with E-state index in [4.69, 9.17) is 0 Å². The SMILES string of the molecule is O=C(NCC1CCN(C2CCCCC2)C1)N(Cc1cccc(O)c1)C1CC1. The molecule has 1 aromatic rings. The van der Waals surface area contributed by atoms with Gasteiger partial charge in [-0.25, -0.2) is 4.79 Å². The second-order valence-electron chi connectivity index (χ2n) is 8.66. The molecule has 2 aliphatic carbocycles. The molecule has 148 valence electrons. The Morgan fingerprint density at radius 2 is 1.96 bits per heavy atom. The summed E-state index contributed by atoms with van der Waals surface area (Å²) in [6.07, 6.45) is 10.3. The number of rotatable bonds is 6. The molecule has 1 aromatic carbocycles. The van der Waals surface area contributed by atoms with E-state index < -0.39 is 0 Å². The van der Waals surface area contributed by atoms with E-state index >= 15 is 0 Å². The molecule has 5 nitrogen and oxygen atoms in total. The van der Waals surface area contributed by atoms with Gasteiger partial charge in [0.25, 0.3) is 0 Å². The van der Waals surface area contributed by atoms with Crippen LogP contribution in [0.1, 0.15) is 56.9 Å². The normalized spacial score (nSPS) is 24.1. The predicted octanol–water partition coefficient (Wildman–Crippen LogP) is 3.72. The summed E-state index contributed by atoms with van der Waals surface area (Å²) in [7, 11) is 0. The zero-order valence-electron chi connectivity index (χ0n) is 16.3. The van der Waals surface area contributed by atoms with Crippen LogP contribution in [0.2, 0.25) is 0 Å². The first kappa shape index (κ1) is 18.6. The van der Waals surface area contributed by atoms with Crippen molar-refractivity contribution < 1.29 is 9.90 Å². The number of aromatic hydroxyl groups is 1. The fourth-order valence-electron chi connectivity index (χ4n) is 4.74. The van der Waals surface area contributed by atoms with Crippen LogP contribution >= 0.6 is 0 Å². The maximum absolute atomic E-state index is 12.8. The molecule has 1 atom stereocenters. The van der Waals surface area contributed by atoms with Crippen molar-refractivity contribution in [1.82, 2.24) is 15.1 Å². The van der Waals surface area contributed by atoms with Gasteiger partial charge in [-0.3, -0.25) is 0 Å². The minimum Gasteiger partial charge on any atom is -0.508 e.